The summed E-state index contributed by atoms with van der Waals surface area (Å²) in [7, 11) is 0. The van der Waals surface area contributed by atoms with Crippen LogP contribution in [0.3, 0.4) is 0 Å². The highest BCUT2D eigenvalue weighted by Gasteiger charge is 2.32. The van der Waals surface area contributed by atoms with Gasteiger partial charge >= 0.3 is 0 Å². The first-order valence-electron chi connectivity index (χ1n) is 12.5. The van der Waals surface area contributed by atoms with Crippen LogP contribution in [0.25, 0.3) is 0 Å². The quantitative estimate of drug-likeness (QED) is 0.682. The zero-order valence-electron chi connectivity index (χ0n) is 19.3. The van der Waals surface area contributed by atoms with Crippen LogP contribution in [0.5, 0.6) is 0 Å². The van der Waals surface area contributed by atoms with Crippen molar-refractivity contribution >= 4 is 23.0 Å². The van der Waals surface area contributed by atoms with Gasteiger partial charge in [-0.05, 0) is 56.6 Å². The van der Waals surface area contributed by atoms with Gasteiger partial charge in [0.25, 0.3) is 10.9 Å². The molecule has 1 amide bonds. The summed E-state index contributed by atoms with van der Waals surface area (Å²) < 4.78 is 0. The lowest BCUT2D eigenvalue weighted by molar-refractivity contribution is -0.137. The lowest BCUT2D eigenvalue weighted by atomic mass is 9.81. The van der Waals surface area contributed by atoms with E-state index in [-0.39, 0.29) is 16.8 Å². The summed E-state index contributed by atoms with van der Waals surface area (Å²) in [4.78, 5) is 43.7. The normalized spacial score (nSPS) is 23.8. The van der Waals surface area contributed by atoms with Crippen LogP contribution < -0.4 is 26.0 Å². The SMILES string of the molecule is O=C(C1CCC(CNc2c(N3CCCC3)c(=O)c2=O)CC1)N1CCN(c2ccccc2)CC1. The smallest absolute Gasteiger partial charge is 0.253 e. The largest absolute Gasteiger partial charge is 0.380 e. The Hall–Kier alpha value is -2.83. The number of nitrogens with one attached hydrogen (secondary N) is 1. The van der Waals surface area contributed by atoms with Crippen molar-refractivity contribution in [3.05, 3.63) is 50.8 Å². The van der Waals surface area contributed by atoms with Crippen LogP contribution in [0, 0.1) is 11.8 Å². The summed E-state index contributed by atoms with van der Waals surface area (Å²) in [5, 5.41) is 3.29. The van der Waals surface area contributed by atoms with Crippen LogP contribution in [0.1, 0.15) is 38.5 Å². The number of hydrogen-bond acceptors (Lipinski definition) is 6. The summed E-state index contributed by atoms with van der Waals surface area (Å²) in [5.74, 6) is 0.878. The van der Waals surface area contributed by atoms with Gasteiger partial charge in [0, 0.05) is 57.4 Å². The molecule has 0 unspecified atom stereocenters. The number of nitrogens with zero attached hydrogens (tertiary/aromatic N) is 3. The number of hydrogen-bond donors (Lipinski definition) is 1. The Morgan fingerprint density at radius 2 is 1.48 bits per heavy atom. The Morgan fingerprint density at radius 1 is 0.818 bits per heavy atom. The van der Waals surface area contributed by atoms with Gasteiger partial charge in [0.2, 0.25) is 5.91 Å². The Balaban J connectivity index is 1.07. The summed E-state index contributed by atoms with van der Waals surface area (Å²) in [6, 6.07) is 10.4. The molecule has 7 heteroatoms. The van der Waals surface area contributed by atoms with Crippen molar-refractivity contribution in [3.8, 4) is 0 Å². The number of para-hydroxylation sites is 1. The van der Waals surface area contributed by atoms with Gasteiger partial charge in [-0.15, -0.1) is 0 Å². The molecule has 2 saturated heterocycles. The minimum atomic E-state index is -0.365. The van der Waals surface area contributed by atoms with Gasteiger partial charge in [-0.25, -0.2) is 0 Å². The van der Waals surface area contributed by atoms with E-state index in [1.165, 1.54) is 5.69 Å². The zero-order chi connectivity index (χ0) is 22.8. The number of carbonyl (C=O) groups excluding carboxylic acids is 1. The van der Waals surface area contributed by atoms with E-state index in [2.05, 4.69) is 44.3 Å². The molecule has 176 valence electrons. The fraction of sp³-hybridized carbons (Fsp3) is 0.577. The van der Waals surface area contributed by atoms with Crippen molar-refractivity contribution in [2.45, 2.75) is 38.5 Å². The molecule has 7 nitrogen and oxygen atoms in total. The molecular formula is C26H34N4O3. The first kappa shape index (κ1) is 22.0. The minimum Gasteiger partial charge on any atom is -0.380 e. The van der Waals surface area contributed by atoms with Gasteiger partial charge in [-0.3, -0.25) is 14.4 Å². The maximum absolute atomic E-state index is 13.1. The maximum atomic E-state index is 13.1. The number of piperazine rings is 1. The van der Waals surface area contributed by atoms with Crippen molar-refractivity contribution in [1.82, 2.24) is 4.90 Å². The van der Waals surface area contributed by atoms with E-state index in [9.17, 15) is 14.4 Å². The molecule has 2 aromatic carbocycles. The molecule has 1 N–H and O–H groups in total. The topological polar surface area (TPSA) is 73.0 Å². The highest BCUT2D eigenvalue weighted by atomic mass is 16.2. The molecule has 2 aromatic rings. The molecule has 2 aliphatic heterocycles. The number of rotatable bonds is 6. The Labute approximate surface area is 195 Å². The van der Waals surface area contributed by atoms with Crippen LogP contribution in [0.2, 0.25) is 0 Å². The van der Waals surface area contributed by atoms with Gasteiger partial charge in [0.1, 0.15) is 11.4 Å². The van der Waals surface area contributed by atoms with Crippen molar-refractivity contribution in [1.29, 1.82) is 0 Å². The summed E-state index contributed by atoms with van der Waals surface area (Å²) in [6.45, 7) is 5.80. The molecule has 0 atom stereocenters. The van der Waals surface area contributed by atoms with Gasteiger partial charge < -0.3 is 20.0 Å². The molecule has 0 aromatic heterocycles. The first-order valence-corrected chi connectivity index (χ1v) is 12.5. The van der Waals surface area contributed by atoms with E-state index in [1.54, 1.807) is 0 Å². The average Bonchev–Trinajstić information content (AvgIpc) is 3.40. The van der Waals surface area contributed by atoms with Crippen LogP contribution in [-0.4, -0.2) is 56.6 Å². The Kier molecular flexibility index (Phi) is 6.38. The van der Waals surface area contributed by atoms with Crippen molar-refractivity contribution in [2.75, 3.05) is 60.9 Å². The number of anilines is 3. The average molecular weight is 451 g/mol. The first-order chi connectivity index (χ1) is 16.1. The van der Waals surface area contributed by atoms with Crippen LogP contribution in [0.4, 0.5) is 17.1 Å². The standard InChI is InChI=1S/C26H34N4O3/c31-24-22(23(25(24)32)29-12-4-5-13-29)27-18-19-8-10-20(11-9-19)26(33)30-16-14-28(15-17-30)21-6-2-1-3-7-21/h1-3,6-7,19-20,27H,4-5,8-18H2. The number of carbonyl (C=O) groups is 1. The number of benzene rings is 1. The molecule has 3 aliphatic rings. The summed E-state index contributed by atoms with van der Waals surface area (Å²) in [5.41, 5.74) is 1.66. The molecule has 1 aliphatic carbocycles. The molecule has 3 fully saturated rings. The van der Waals surface area contributed by atoms with Crippen molar-refractivity contribution in [3.63, 3.8) is 0 Å². The predicted molar refractivity (Wildman–Crippen MR) is 132 cm³/mol. The van der Waals surface area contributed by atoms with E-state index in [0.29, 0.717) is 29.7 Å². The summed E-state index contributed by atoms with van der Waals surface area (Å²) >= 11 is 0. The molecule has 2 heterocycles. The molecule has 0 spiro atoms. The second-order valence-electron chi connectivity index (χ2n) is 9.82. The minimum absolute atomic E-state index is 0.121. The fourth-order valence-corrected chi connectivity index (χ4v) is 5.73. The second kappa shape index (κ2) is 9.57. The van der Waals surface area contributed by atoms with E-state index < -0.39 is 0 Å². The molecular weight excluding hydrogens is 416 g/mol. The van der Waals surface area contributed by atoms with Gasteiger partial charge in [-0.2, -0.15) is 0 Å². The summed E-state index contributed by atoms with van der Waals surface area (Å²) in [6.07, 6.45) is 5.96. The lowest BCUT2D eigenvalue weighted by Crippen LogP contribution is -2.50. The molecule has 1 saturated carbocycles. The molecule has 5 rings (SSSR count). The van der Waals surface area contributed by atoms with Crippen LogP contribution in [-0.2, 0) is 4.79 Å². The highest BCUT2D eigenvalue weighted by Crippen LogP contribution is 2.32. The predicted octanol–water partition coefficient (Wildman–Crippen LogP) is 2.45. The van der Waals surface area contributed by atoms with Gasteiger partial charge in [0.15, 0.2) is 0 Å². The van der Waals surface area contributed by atoms with E-state index >= 15 is 0 Å². The number of amides is 1. The van der Waals surface area contributed by atoms with Crippen LogP contribution >= 0.6 is 0 Å². The fourth-order valence-electron chi connectivity index (χ4n) is 5.73. The van der Waals surface area contributed by atoms with E-state index in [1.807, 2.05) is 6.07 Å². The third-order valence-electron chi connectivity index (χ3n) is 7.78. The van der Waals surface area contributed by atoms with E-state index in [4.69, 9.17) is 0 Å². The highest BCUT2D eigenvalue weighted by molar-refractivity contribution is 5.79. The second-order valence-corrected chi connectivity index (χ2v) is 9.82. The Bertz CT molecular complexity index is 1020. The molecule has 0 radical (unpaired) electrons. The van der Waals surface area contributed by atoms with E-state index in [0.717, 1.165) is 77.8 Å². The maximum Gasteiger partial charge on any atom is 0.253 e. The lowest BCUT2D eigenvalue weighted by Gasteiger charge is -2.39. The molecule has 33 heavy (non-hydrogen) atoms. The zero-order valence-corrected chi connectivity index (χ0v) is 19.3. The molecule has 0 bridgehead atoms. The van der Waals surface area contributed by atoms with Gasteiger partial charge in [0.05, 0.1) is 0 Å². The van der Waals surface area contributed by atoms with Crippen molar-refractivity contribution < 1.29 is 4.79 Å². The van der Waals surface area contributed by atoms with Crippen molar-refractivity contribution in [2.24, 2.45) is 11.8 Å². The monoisotopic (exact) mass is 450 g/mol. The third kappa shape index (κ3) is 4.50. The Morgan fingerprint density at radius 3 is 2.15 bits per heavy atom. The van der Waals surface area contributed by atoms with Crippen LogP contribution in [0.15, 0.2) is 39.9 Å². The van der Waals surface area contributed by atoms with Gasteiger partial charge in [-0.1, -0.05) is 18.2 Å². The third-order valence-corrected chi connectivity index (χ3v) is 7.78.